The first-order chi connectivity index (χ1) is 9.13. The number of aliphatic hydroxyl groups excluding tert-OH is 1. The number of aliphatic hydroxyl groups is 1. The maximum atomic E-state index is 9.86. The van der Waals surface area contributed by atoms with E-state index in [1.807, 2.05) is 0 Å². The van der Waals surface area contributed by atoms with E-state index in [9.17, 15) is 5.11 Å². The van der Waals surface area contributed by atoms with Gasteiger partial charge in [0.05, 0.1) is 6.10 Å². The van der Waals surface area contributed by atoms with Gasteiger partial charge >= 0.3 is 0 Å². The van der Waals surface area contributed by atoms with E-state index >= 15 is 0 Å². The molecule has 112 valence electrons. The van der Waals surface area contributed by atoms with Crippen molar-refractivity contribution >= 4 is 0 Å². The van der Waals surface area contributed by atoms with Gasteiger partial charge in [-0.25, -0.2) is 0 Å². The summed E-state index contributed by atoms with van der Waals surface area (Å²) in [4.78, 5) is 2.39. The number of rotatable bonds is 5. The highest BCUT2D eigenvalue weighted by atomic mass is 16.5. The zero-order valence-corrected chi connectivity index (χ0v) is 12.7. The predicted octanol–water partition coefficient (Wildman–Crippen LogP) is 2.68. The van der Waals surface area contributed by atoms with E-state index in [2.05, 4.69) is 18.9 Å². The Bertz CT molecular complexity index is 265. The van der Waals surface area contributed by atoms with Gasteiger partial charge in [-0.3, -0.25) is 0 Å². The Morgan fingerprint density at radius 2 is 2.11 bits per heavy atom. The Balaban J connectivity index is 1.82. The zero-order chi connectivity index (χ0) is 13.7. The summed E-state index contributed by atoms with van der Waals surface area (Å²) in [6, 6.07) is 0. The molecule has 19 heavy (non-hydrogen) atoms. The highest BCUT2D eigenvalue weighted by Gasteiger charge is 2.35. The van der Waals surface area contributed by atoms with Crippen LogP contribution in [0.15, 0.2) is 0 Å². The van der Waals surface area contributed by atoms with Crippen molar-refractivity contribution in [2.24, 2.45) is 11.3 Å². The van der Waals surface area contributed by atoms with Gasteiger partial charge < -0.3 is 14.7 Å². The molecule has 0 bridgehead atoms. The zero-order valence-electron chi connectivity index (χ0n) is 12.7. The summed E-state index contributed by atoms with van der Waals surface area (Å²) in [6.07, 6.45) is 9.11. The van der Waals surface area contributed by atoms with Crippen molar-refractivity contribution < 1.29 is 9.84 Å². The van der Waals surface area contributed by atoms with Crippen molar-refractivity contribution in [1.29, 1.82) is 0 Å². The molecule has 3 unspecified atom stereocenters. The lowest BCUT2D eigenvalue weighted by atomic mass is 9.70. The lowest BCUT2D eigenvalue weighted by Crippen LogP contribution is -2.44. The summed E-state index contributed by atoms with van der Waals surface area (Å²) in [7, 11) is 2.19. The van der Waals surface area contributed by atoms with Crippen LogP contribution < -0.4 is 0 Å². The van der Waals surface area contributed by atoms with Gasteiger partial charge in [-0.05, 0) is 45.1 Å². The Morgan fingerprint density at radius 3 is 2.74 bits per heavy atom. The Labute approximate surface area is 118 Å². The molecule has 0 aromatic carbocycles. The van der Waals surface area contributed by atoms with Crippen LogP contribution in [0.1, 0.15) is 51.9 Å². The molecule has 2 rings (SSSR count). The average Bonchev–Trinajstić information content (AvgIpc) is 2.39. The summed E-state index contributed by atoms with van der Waals surface area (Å²) in [5, 5.41) is 9.86. The van der Waals surface area contributed by atoms with Gasteiger partial charge in [-0.15, -0.1) is 0 Å². The third-order valence-corrected chi connectivity index (χ3v) is 4.92. The van der Waals surface area contributed by atoms with Crippen molar-refractivity contribution in [1.82, 2.24) is 4.90 Å². The van der Waals surface area contributed by atoms with E-state index < -0.39 is 0 Å². The summed E-state index contributed by atoms with van der Waals surface area (Å²) in [5.74, 6) is 0.764. The summed E-state index contributed by atoms with van der Waals surface area (Å²) >= 11 is 0. The van der Waals surface area contributed by atoms with Crippen LogP contribution in [0.2, 0.25) is 0 Å². The van der Waals surface area contributed by atoms with Gasteiger partial charge in [0, 0.05) is 31.7 Å². The summed E-state index contributed by atoms with van der Waals surface area (Å²) in [6.45, 7) is 5.64. The van der Waals surface area contributed by atoms with Crippen LogP contribution in [0.25, 0.3) is 0 Å². The molecule has 3 nitrogen and oxygen atoms in total. The highest BCUT2D eigenvalue weighted by molar-refractivity contribution is 4.87. The van der Waals surface area contributed by atoms with E-state index in [-0.39, 0.29) is 5.41 Å². The van der Waals surface area contributed by atoms with Crippen LogP contribution >= 0.6 is 0 Å². The molecule has 0 aromatic rings. The average molecular weight is 269 g/mol. The normalized spacial score (nSPS) is 36.6. The van der Waals surface area contributed by atoms with Crippen molar-refractivity contribution in [2.45, 2.75) is 58.0 Å². The molecule has 1 saturated heterocycles. The Kier molecular flexibility index (Phi) is 5.67. The number of nitrogens with zero attached hydrogens (tertiary/aromatic N) is 1. The molecular weight excluding hydrogens is 238 g/mol. The minimum atomic E-state index is 0.140. The van der Waals surface area contributed by atoms with Crippen molar-refractivity contribution in [3.63, 3.8) is 0 Å². The van der Waals surface area contributed by atoms with Gasteiger partial charge in [0.25, 0.3) is 0 Å². The molecule has 0 aromatic heterocycles. The number of hydrogen-bond donors (Lipinski definition) is 1. The number of ether oxygens (including phenoxy) is 1. The molecule has 0 amide bonds. The fourth-order valence-corrected chi connectivity index (χ4v) is 4.04. The molecule has 1 heterocycles. The van der Waals surface area contributed by atoms with Gasteiger partial charge in [0.1, 0.15) is 0 Å². The van der Waals surface area contributed by atoms with E-state index in [4.69, 9.17) is 4.74 Å². The molecule has 2 aliphatic rings. The standard InChI is InChI=1S/C16H31NO2/c1-14-6-5-8-16(10-14,13-18)12-17(2)11-15-7-3-4-9-19-15/h14-15,18H,3-13H2,1-2H3. The van der Waals surface area contributed by atoms with E-state index in [1.165, 1.54) is 44.9 Å². The van der Waals surface area contributed by atoms with Gasteiger partial charge in [-0.1, -0.05) is 19.8 Å². The molecule has 0 radical (unpaired) electrons. The van der Waals surface area contributed by atoms with Gasteiger partial charge in [-0.2, -0.15) is 0 Å². The Morgan fingerprint density at radius 1 is 1.26 bits per heavy atom. The van der Waals surface area contributed by atoms with Crippen LogP contribution in [-0.4, -0.2) is 49.5 Å². The third kappa shape index (κ3) is 4.44. The predicted molar refractivity (Wildman–Crippen MR) is 78.2 cm³/mol. The van der Waals surface area contributed by atoms with Crippen molar-refractivity contribution in [2.75, 3.05) is 33.4 Å². The maximum absolute atomic E-state index is 9.86. The lowest BCUT2D eigenvalue weighted by Gasteiger charge is -2.42. The van der Waals surface area contributed by atoms with Crippen molar-refractivity contribution in [3.05, 3.63) is 0 Å². The number of hydrogen-bond acceptors (Lipinski definition) is 3. The number of likely N-dealkylation sites (N-methyl/N-ethyl adjacent to an activating group) is 1. The van der Waals surface area contributed by atoms with Crippen molar-refractivity contribution in [3.8, 4) is 0 Å². The fraction of sp³-hybridized carbons (Fsp3) is 1.00. The minimum Gasteiger partial charge on any atom is -0.396 e. The third-order valence-electron chi connectivity index (χ3n) is 4.92. The molecular formula is C16H31NO2. The quantitative estimate of drug-likeness (QED) is 0.833. The minimum absolute atomic E-state index is 0.140. The lowest BCUT2D eigenvalue weighted by molar-refractivity contribution is -0.0215. The van der Waals surface area contributed by atoms with E-state index in [0.29, 0.717) is 12.7 Å². The molecule has 3 heteroatoms. The first-order valence-electron chi connectivity index (χ1n) is 8.04. The van der Waals surface area contributed by atoms with E-state index in [1.54, 1.807) is 0 Å². The van der Waals surface area contributed by atoms with Crippen LogP contribution in [0.5, 0.6) is 0 Å². The summed E-state index contributed by atoms with van der Waals surface area (Å²) in [5.41, 5.74) is 0.140. The topological polar surface area (TPSA) is 32.7 Å². The largest absolute Gasteiger partial charge is 0.396 e. The molecule has 2 fully saturated rings. The monoisotopic (exact) mass is 269 g/mol. The van der Waals surface area contributed by atoms with Crippen LogP contribution in [0.4, 0.5) is 0 Å². The molecule has 1 saturated carbocycles. The van der Waals surface area contributed by atoms with Crippen LogP contribution in [0.3, 0.4) is 0 Å². The molecule has 1 N–H and O–H groups in total. The van der Waals surface area contributed by atoms with Gasteiger partial charge in [0.2, 0.25) is 0 Å². The fourth-order valence-electron chi connectivity index (χ4n) is 4.04. The second-order valence-electron chi connectivity index (χ2n) is 7.04. The smallest absolute Gasteiger partial charge is 0.0701 e. The van der Waals surface area contributed by atoms with Gasteiger partial charge in [0.15, 0.2) is 0 Å². The molecule has 0 spiro atoms. The first kappa shape index (κ1) is 15.3. The Hall–Kier alpha value is -0.120. The summed E-state index contributed by atoms with van der Waals surface area (Å²) < 4.78 is 5.82. The molecule has 1 aliphatic heterocycles. The van der Waals surface area contributed by atoms with Crippen LogP contribution in [0, 0.1) is 11.3 Å². The molecule has 3 atom stereocenters. The highest BCUT2D eigenvalue weighted by Crippen LogP contribution is 2.39. The SMILES string of the molecule is CC1CCCC(CO)(CN(C)CC2CCCCO2)C1. The van der Waals surface area contributed by atoms with Crippen LogP contribution in [-0.2, 0) is 4.74 Å². The molecule has 1 aliphatic carbocycles. The second kappa shape index (κ2) is 7.05. The maximum Gasteiger partial charge on any atom is 0.0701 e. The second-order valence-corrected chi connectivity index (χ2v) is 7.04. The first-order valence-corrected chi connectivity index (χ1v) is 8.04. The van der Waals surface area contributed by atoms with E-state index in [0.717, 1.165) is 25.6 Å².